The minimum Gasteiger partial charge on any atom is -0.461 e. The van der Waals surface area contributed by atoms with Crippen LogP contribution in [0.25, 0.3) is 0 Å². The molecule has 4 aliphatic carbocycles. The molecule has 4 rings (SSSR count). The van der Waals surface area contributed by atoms with Gasteiger partial charge in [0.15, 0.2) is 0 Å². The van der Waals surface area contributed by atoms with Gasteiger partial charge < -0.3 is 4.74 Å². The Morgan fingerprint density at radius 2 is 1.83 bits per heavy atom. The molecule has 3 heteroatoms. The number of rotatable bonds is 9. The predicted octanol–water partition coefficient (Wildman–Crippen LogP) is 9.50. The third kappa shape index (κ3) is 5.46. The largest absolute Gasteiger partial charge is 0.461 e. The second-order valence-electron chi connectivity index (χ2n) is 13.8. The Morgan fingerprint density at radius 1 is 1.06 bits per heavy atom. The lowest BCUT2D eigenvalue weighted by atomic mass is 9.47. The lowest BCUT2D eigenvalue weighted by molar-refractivity contribution is -0.150. The average Bonchev–Trinajstić information content (AvgIpc) is 3.16. The number of fused-ring (bicyclic) bond motifs is 5. The highest BCUT2D eigenvalue weighted by atomic mass is 79.9. The van der Waals surface area contributed by atoms with Crippen molar-refractivity contribution >= 4 is 21.9 Å². The van der Waals surface area contributed by atoms with Gasteiger partial charge in [0, 0.05) is 6.42 Å². The molecular weight excluding hydrogens is 496 g/mol. The average molecular weight is 550 g/mol. The molecule has 0 spiro atoms. The first kappa shape index (κ1) is 27.7. The number of halogens is 1. The van der Waals surface area contributed by atoms with Gasteiger partial charge in [-0.15, -0.1) is 0 Å². The van der Waals surface area contributed by atoms with Crippen LogP contribution in [0.4, 0.5) is 0 Å². The van der Waals surface area contributed by atoms with Gasteiger partial charge in [-0.2, -0.15) is 0 Å². The minimum atomic E-state index is -0.148. The third-order valence-electron chi connectivity index (χ3n) is 11.3. The zero-order valence-electron chi connectivity index (χ0n) is 23.6. The molecule has 9 atom stereocenters. The van der Waals surface area contributed by atoms with Gasteiger partial charge in [-0.1, -0.05) is 94.8 Å². The summed E-state index contributed by atoms with van der Waals surface area (Å²) in [5, 5.41) is 0. The summed E-state index contributed by atoms with van der Waals surface area (Å²) in [5.41, 5.74) is 2.49. The summed E-state index contributed by atoms with van der Waals surface area (Å²) in [5.74, 6) is 5.19. The highest BCUT2D eigenvalue weighted by Gasteiger charge is 2.59. The Kier molecular flexibility index (Phi) is 8.87. The van der Waals surface area contributed by atoms with Gasteiger partial charge in [0.1, 0.15) is 10.9 Å². The molecule has 0 aromatic carbocycles. The van der Waals surface area contributed by atoms with Gasteiger partial charge in [-0.3, -0.25) is 4.79 Å². The monoisotopic (exact) mass is 548 g/mol. The van der Waals surface area contributed by atoms with Crippen LogP contribution in [0.1, 0.15) is 125 Å². The SMILES string of the molecule is CCC[C@H](Br)C(=O)O[C@H]1CC[C@@]2(C)C(=CC[C@H]3[C@H]4CC[C@H]([C@H](C)CCCC(C)C)[C@@]4(C)CC[C@H]32)C1. The molecule has 3 fully saturated rings. The van der Waals surface area contributed by atoms with Gasteiger partial charge in [0.2, 0.25) is 0 Å². The minimum absolute atomic E-state index is 0.0531. The molecule has 0 aliphatic heterocycles. The molecule has 0 radical (unpaired) electrons. The molecule has 200 valence electrons. The molecule has 2 nitrogen and oxygen atoms in total. The Bertz CT molecular complexity index is 774. The van der Waals surface area contributed by atoms with E-state index in [2.05, 4.69) is 63.5 Å². The van der Waals surface area contributed by atoms with Crippen molar-refractivity contribution in [3.8, 4) is 0 Å². The van der Waals surface area contributed by atoms with Crippen molar-refractivity contribution in [2.75, 3.05) is 0 Å². The van der Waals surface area contributed by atoms with Crippen molar-refractivity contribution in [2.24, 2.45) is 46.3 Å². The van der Waals surface area contributed by atoms with Crippen molar-refractivity contribution in [1.82, 2.24) is 0 Å². The van der Waals surface area contributed by atoms with Crippen LogP contribution in [0.3, 0.4) is 0 Å². The molecule has 4 aliphatic rings. The van der Waals surface area contributed by atoms with Crippen molar-refractivity contribution in [3.63, 3.8) is 0 Å². The maximum Gasteiger partial charge on any atom is 0.320 e. The number of hydrogen-bond donors (Lipinski definition) is 0. The van der Waals surface area contributed by atoms with Gasteiger partial charge in [0.25, 0.3) is 0 Å². The molecule has 0 amide bonds. The summed E-state index contributed by atoms with van der Waals surface area (Å²) in [6.45, 7) is 14.7. The first-order valence-corrected chi connectivity index (χ1v) is 16.1. The summed E-state index contributed by atoms with van der Waals surface area (Å²) >= 11 is 3.53. The van der Waals surface area contributed by atoms with Crippen LogP contribution >= 0.6 is 15.9 Å². The summed E-state index contributed by atoms with van der Waals surface area (Å²) < 4.78 is 5.98. The zero-order chi connectivity index (χ0) is 25.4. The number of esters is 1. The predicted molar refractivity (Wildman–Crippen MR) is 151 cm³/mol. The van der Waals surface area contributed by atoms with Crippen LogP contribution in [-0.2, 0) is 9.53 Å². The number of carbonyl (C=O) groups is 1. The van der Waals surface area contributed by atoms with E-state index in [0.29, 0.717) is 10.8 Å². The molecule has 0 bridgehead atoms. The van der Waals surface area contributed by atoms with E-state index >= 15 is 0 Å². The molecule has 3 saturated carbocycles. The van der Waals surface area contributed by atoms with E-state index in [4.69, 9.17) is 4.74 Å². The quantitative estimate of drug-likeness (QED) is 0.163. The van der Waals surface area contributed by atoms with Crippen molar-refractivity contribution in [1.29, 1.82) is 0 Å². The molecule has 0 saturated heterocycles. The van der Waals surface area contributed by atoms with Crippen LogP contribution in [0.2, 0.25) is 0 Å². The van der Waals surface area contributed by atoms with Crippen molar-refractivity contribution in [2.45, 2.75) is 136 Å². The molecule has 0 aromatic heterocycles. The van der Waals surface area contributed by atoms with Crippen LogP contribution < -0.4 is 0 Å². The number of allylic oxidation sites excluding steroid dienone is 1. The fraction of sp³-hybridized carbons (Fsp3) is 0.906. The second-order valence-corrected chi connectivity index (χ2v) is 15.0. The topological polar surface area (TPSA) is 26.3 Å². The van der Waals surface area contributed by atoms with E-state index in [9.17, 15) is 4.79 Å². The Hall–Kier alpha value is -0.310. The number of ether oxygens (including phenoxy) is 1. The number of hydrogen-bond acceptors (Lipinski definition) is 2. The summed E-state index contributed by atoms with van der Waals surface area (Å²) in [6, 6.07) is 0. The van der Waals surface area contributed by atoms with Crippen molar-refractivity contribution < 1.29 is 9.53 Å². The first-order chi connectivity index (χ1) is 16.6. The molecule has 35 heavy (non-hydrogen) atoms. The van der Waals surface area contributed by atoms with Crippen LogP contribution in [-0.4, -0.2) is 16.9 Å². The molecule has 0 aromatic rings. The Morgan fingerprint density at radius 3 is 2.54 bits per heavy atom. The maximum atomic E-state index is 12.5. The smallest absolute Gasteiger partial charge is 0.320 e. The normalized spacial score (nSPS) is 40.3. The van der Waals surface area contributed by atoms with E-state index in [0.717, 1.165) is 61.2 Å². The van der Waals surface area contributed by atoms with E-state index in [1.807, 2.05) is 0 Å². The standard InChI is InChI=1S/C32H53BrO2/c1-7-9-29(33)30(34)35-24-16-18-31(5)23(20-24)12-13-25-27-15-14-26(22(4)11-8-10-21(2)3)32(27,6)19-17-28(25)31/h12,21-22,24-29H,7-11,13-20H2,1-6H3/t22-,24+,25+,26-,27-,28-,29+,31+,32-/m1/s1. The van der Waals surface area contributed by atoms with Crippen molar-refractivity contribution in [3.05, 3.63) is 11.6 Å². The lowest BCUT2D eigenvalue weighted by Gasteiger charge is -2.58. The van der Waals surface area contributed by atoms with Gasteiger partial charge in [-0.05, 0) is 97.7 Å². The number of alkyl halides is 1. The highest BCUT2D eigenvalue weighted by Crippen LogP contribution is 2.67. The Labute approximate surface area is 224 Å². The van der Waals surface area contributed by atoms with Crippen LogP contribution in [0.5, 0.6) is 0 Å². The summed E-state index contributed by atoms with van der Waals surface area (Å²) in [4.78, 5) is 12.4. The summed E-state index contributed by atoms with van der Waals surface area (Å²) in [7, 11) is 0. The highest BCUT2D eigenvalue weighted by molar-refractivity contribution is 9.10. The van der Waals surface area contributed by atoms with Gasteiger partial charge in [0.05, 0.1) is 0 Å². The maximum absolute atomic E-state index is 12.5. The summed E-state index contributed by atoms with van der Waals surface area (Å²) in [6.07, 6.45) is 19.0. The fourth-order valence-electron chi connectivity index (χ4n) is 9.36. The van der Waals surface area contributed by atoms with E-state index < -0.39 is 0 Å². The van der Waals surface area contributed by atoms with E-state index in [1.165, 1.54) is 57.8 Å². The zero-order valence-corrected chi connectivity index (χ0v) is 25.2. The van der Waals surface area contributed by atoms with Crippen LogP contribution in [0, 0.1) is 46.3 Å². The molecule has 0 N–H and O–H groups in total. The number of carbonyl (C=O) groups excluding carboxylic acids is 1. The van der Waals surface area contributed by atoms with E-state index in [-0.39, 0.29) is 16.9 Å². The third-order valence-corrected chi connectivity index (χ3v) is 12.2. The first-order valence-electron chi connectivity index (χ1n) is 15.1. The van der Waals surface area contributed by atoms with Crippen LogP contribution in [0.15, 0.2) is 11.6 Å². The molecule has 0 unspecified atom stereocenters. The van der Waals surface area contributed by atoms with E-state index in [1.54, 1.807) is 5.57 Å². The van der Waals surface area contributed by atoms with Gasteiger partial charge in [-0.25, -0.2) is 0 Å². The molecular formula is C32H53BrO2. The fourth-order valence-corrected chi connectivity index (χ4v) is 9.93. The molecule has 0 heterocycles. The lowest BCUT2D eigenvalue weighted by Crippen LogP contribution is -2.51. The van der Waals surface area contributed by atoms with Gasteiger partial charge >= 0.3 is 5.97 Å². The Balaban J connectivity index is 1.42. The second kappa shape index (κ2) is 11.2.